The maximum Gasteiger partial charge on any atom is 0.303 e. The average Bonchev–Trinajstić information content (AvgIpc) is 2.69. The van der Waals surface area contributed by atoms with Crippen molar-refractivity contribution >= 4 is 34.5 Å². The molecule has 7 heteroatoms. The van der Waals surface area contributed by atoms with Crippen molar-refractivity contribution in [2.75, 3.05) is 19.6 Å². The fraction of sp³-hybridized carbons (Fsp3) is 0.391. The number of carboxylic acid groups (broad SMARTS) is 1. The van der Waals surface area contributed by atoms with Gasteiger partial charge in [-0.15, -0.1) is 0 Å². The molecule has 1 unspecified atom stereocenters. The standard InChI is InChI=1S/C23H29IN2O4/c1-17(19-8-10-21(27)11-9-19)26(13-3-7-23(29)30)14-4-12-25-22(28)16-18-5-2-6-20(24)15-18/h2,5-6,8-11,15,17,27H,3-4,7,12-14,16H2,1H3,(H,25,28)(H,29,30). The fourth-order valence-electron chi connectivity index (χ4n) is 3.30. The first-order chi connectivity index (χ1) is 14.3. The number of aliphatic carboxylic acids is 1. The van der Waals surface area contributed by atoms with Crippen LogP contribution in [0.25, 0.3) is 0 Å². The Morgan fingerprint density at radius 1 is 1.10 bits per heavy atom. The van der Waals surface area contributed by atoms with Gasteiger partial charge in [-0.25, -0.2) is 0 Å². The number of rotatable bonds is 12. The fourth-order valence-corrected chi connectivity index (χ4v) is 3.91. The van der Waals surface area contributed by atoms with E-state index in [0.29, 0.717) is 25.9 Å². The smallest absolute Gasteiger partial charge is 0.303 e. The van der Waals surface area contributed by atoms with E-state index < -0.39 is 5.97 Å². The minimum Gasteiger partial charge on any atom is -0.508 e. The molecular weight excluding hydrogens is 495 g/mol. The van der Waals surface area contributed by atoms with Crippen molar-refractivity contribution in [2.24, 2.45) is 0 Å². The molecule has 0 aliphatic carbocycles. The summed E-state index contributed by atoms with van der Waals surface area (Å²) in [5, 5.41) is 21.4. The highest BCUT2D eigenvalue weighted by Gasteiger charge is 2.16. The van der Waals surface area contributed by atoms with Crippen LogP contribution in [0.15, 0.2) is 48.5 Å². The van der Waals surface area contributed by atoms with Crippen LogP contribution in [-0.4, -0.2) is 46.6 Å². The van der Waals surface area contributed by atoms with Gasteiger partial charge in [0.25, 0.3) is 0 Å². The molecule has 1 amide bonds. The first-order valence-electron chi connectivity index (χ1n) is 10.1. The lowest BCUT2D eigenvalue weighted by molar-refractivity contribution is -0.137. The summed E-state index contributed by atoms with van der Waals surface area (Å²) in [4.78, 5) is 25.3. The molecule has 2 rings (SSSR count). The highest BCUT2D eigenvalue weighted by molar-refractivity contribution is 14.1. The topological polar surface area (TPSA) is 89.9 Å². The number of phenolic OH excluding ortho intramolecular Hbond substituents is 1. The third-order valence-electron chi connectivity index (χ3n) is 4.96. The van der Waals surface area contributed by atoms with E-state index in [0.717, 1.165) is 27.7 Å². The van der Waals surface area contributed by atoms with Gasteiger partial charge in [-0.3, -0.25) is 14.5 Å². The Bertz CT molecular complexity index is 826. The van der Waals surface area contributed by atoms with Gasteiger partial charge in [-0.2, -0.15) is 0 Å². The highest BCUT2D eigenvalue weighted by atomic mass is 127. The van der Waals surface area contributed by atoms with Crippen molar-refractivity contribution in [1.82, 2.24) is 10.2 Å². The molecular formula is C23H29IN2O4. The number of carbonyl (C=O) groups is 2. The van der Waals surface area contributed by atoms with Crippen LogP contribution in [0.2, 0.25) is 0 Å². The van der Waals surface area contributed by atoms with E-state index in [9.17, 15) is 14.7 Å². The molecule has 0 aliphatic heterocycles. The van der Waals surface area contributed by atoms with Gasteiger partial charge in [0.05, 0.1) is 6.42 Å². The molecule has 0 spiro atoms. The molecule has 0 saturated heterocycles. The first kappa shape index (κ1) is 24.1. The van der Waals surface area contributed by atoms with Crippen LogP contribution in [0.3, 0.4) is 0 Å². The van der Waals surface area contributed by atoms with Crippen LogP contribution in [0.4, 0.5) is 0 Å². The number of halogens is 1. The number of nitrogens with one attached hydrogen (secondary N) is 1. The van der Waals surface area contributed by atoms with E-state index in [1.165, 1.54) is 0 Å². The number of nitrogens with zero attached hydrogens (tertiary/aromatic N) is 1. The number of benzene rings is 2. The number of carboxylic acids is 1. The maximum absolute atomic E-state index is 12.2. The lowest BCUT2D eigenvalue weighted by Crippen LogP contribution is -2.33. The Balaban J connectivity index is 1.84. The Hall–Kier alpha value is -2.13. The predicted molar refractivity (Wildman–Crippen MR) is 125 cm³/mol. The minimum atomic E-state index is -0.796. The molecule has 0 fully saturated rings. The van der Waals surface area contributed by atoms with E-state index in [2.05, 4.69) is 39.7 Å². The predicted octanol–water partition coefficient (Wildman–Crippen LogP) is 3.97. The largest absolute Gasteiger partial charge is 0.508 e. The van der Waals surface area contributed by atoms with E-state index in [1.807, 2.05) is 36.4 Å². The summed E-state index contributed by atoms with van der Waals surface area (Å²) in [5.41, 5.74) is 2.06. The van der Waals surface area contributed by atoms with Crippen molar-refractivity contribution in [2.45, 2.75) is 38.6 Å². The Morgan fingerprint density at radius 3 is 2.47 bits per heavy atom. The summed E-state index contributed by atoms with van der Waals surface area (Å²) >= 11 is 2.23. The lowest BCUT2D eigenvalue weighted by atomic mass is 10.1. The normalized spacial score (nSPS) is 12.0. The number of hydrogen-bond donors (Lipinski definition) is 3. The molecule has 1 atom stereocenters. The zero-order valence-electron chi connectivity index (χ0n) is 17.2. The molecule has 0 aliphatic rings. The third kappa shape index (κ3) is 8.71. The van der Waals surface area contributed by atoms with Gasteiger partial charge < -0.3 is 15.5 Å². The van der Waals surface area contributed by atoms with E-state index in [1.54, 1.807) is 12.1 Å². The number of hydrogen-bond acceptors (Lipinski definition) is 4. The Labute approximate surface area is 191 Å². The van der Waals surface area contributed by atoms with Crippen molar-refractivity contribution in [1.29, 1.82) is 0 Å². The summed E-state index contributed by atoms with van der Waals surface area (Å²) < 4.78 is 1.11. The van der Waals surface area contributed by atoms with Gasteiger partial charge in [0.1, 0.15) is 5.75 Å². The summed E-state index contributed by atoms with van der Waals surface area (Å²) in [6.45, 7) is 4.04. The second-order valence-electron chi connectivity index (χ2n) is 7.31. The van der Waals surface area contributed by atoms with Crippen LogP contribution >= 0.6 is 22.6 Å². The summed E-state index contributed by atoms with van der Waals surface area (Å²) in [7, 11) is 0. The third-order valence-corrected chi connectivity index (χ3v) is 5.63. The minimum absolute atomic E-state index is 0.000935. The molecule has 6 nitrogen and oxygen atoms in total. The summed E-state index contributed by atoms with van der Waals surface area (Å²) in [6.07, 6.45) is 1.83. The molecule has 3 N–H and O–H groups in total. The molecule has 0 aromatic heterocycles. The SMILES string of the molecule is CC(c1ccc(O)cc1)N(CCCNC(=O)Cc1cccc(I)c1)CCCC(=O)O. The molecule has 0 heterocycles. The van der Waals surface area contributed by atoms with Gasteiger partial charge in [0.15, 0.2) is 0 Å². The lowest BCUT2D eigenvalue weighted by Gasteiger charge is -2.29. The summed E-state index contributed by atoms with van der Waals surface area (Å²) in [6, 6.07) is 15.1. The highest BCUT2D eigenvalue weighted by Crippen LogP contribution is 2.23. The van der Waals surface area contributed by atoms with Gasteiger partial charge >= 0.3 is 5.97 Å². The van der Waals surface area contributed by atoms with Crippen molar-refractivity contribution < 1.29 is 19.8 Å². The molecule has 0 bridgehead atoms. The molecule has 162 valence electrons. The van der Waals surface area contributed by atoms with Crippen LogP contribution in [0, 0.1) is 3.57 Å². The number of amides is 1. The first-order valence-corrected chi connectivity index (χ1v) is 11.2. The second-order valence-corrected chi connectivity index (χ2v) is 8.56. The van der Waals surface area contributed by atoms with Gasteiger partial charge in [-0.05, 0) is 84.3 Å². The maximum atomic E-state index is 12.2. The van der Waals surface area contributed by atoms with Crippen LogP contribution < -0.4 is 5.32 Å². The second kappa shape index (κ2) is 12.5. The molecule has 2 aromatic rings. The van der Waals surface area contributed by atoms with Gasteiger partial charge in [0.2, 0.25) is 5.91 Å². The number of aromatic hydroxyl groups is 1. The van der Waals surface area contributed by atoms with Crippen molar-refractivity contribution in [3.05, 3.63) is 63.2 Å². The average molecular weight is 524 g/mol. The summed E-state index contributed by atoms with van der Waals surface area (Å²) in [5.74, 6) is -0.574. The van der Waals surface area contributed by atoms with Crippen LogP contribution in [0.1, 0.15) is 43.4 Å². The molecule has 30 heavy (non-hydrogen) atoms. The van der Waals surface area contributed by atoms with Gasteiger partial charge in [-0.1, -0.05) is 24.3 Å². The molecule has 0 radical (unpaired) electrons. The number of phenols is 1. The quantitative estimate of drug-likeness (QED) is 0.289. The van der Waals surface area contributed by atoms with Crippen molar-refractivity contribution in [3.63, 3.8) is 0 Å². The van der Waals surface area contributed by atoms with Crippen LogP contribution in [0.5, 0.6) is 5.75 Å². The Morgan fingerprint density at radius 2 is 1.80 bits per heavy atom. The monoisotopic (exact) mass is 524 g/mol. The van der Waals surface area contributed by atoms with Crippen molar-refractivity contribution in [3.8, 4) is 5.75 Å². The zero-order valence-corrected chi connectivity index (χ0v) is 19.3. The van der Waals surface area contributed by atoms with E-state index in [-0.39, 0.29) is 24.1 Å². The van der Waals surface area contributed by atoms with E-state index in [4.69, 9.17) is 5.11 Å². The molecule has 0 saturated carbocycles. The van der Waals surface area contributed by atoms with Crippen LogP contribution in [-0.2, 0) is 16.0 Å². The number of carbonyl (C=O) groups excluding carboxylic acids is 1. The zero-order chi connectivity index (χ0) is 21.9. The Kier molecular flexibility index (Phi) is 10.1. The van der Waals surface area contributed by atoms with Gasteiger partial charge in [0, 0.05) is 29.1 Å². The molecule has 2 aromatic carbocycles. The van der Waals surface area contributed by atoms with E-state index >= 15 is 0 Å².